The fourth-order valence-corrected chi connectivity index (χ4v) is 4.78. The molecule has 2 saturated heterocycles. The Balaban J connectivity index is 1.46. The van der Waals surface area contributed by atoms with Crippen LogP contribution in [0.1, 0.15) is 24.3 Å². The van der Waals surface area contributed by atoms with Crippen molar-refractivity contribution >= 4 is 11.9 Å². The van der Waals surface area contributed by atoms with Crippen molar-refractivity contribution in [1.82, 2.24) is 9.88 Å². The highest BCUT2D eigenvalue weighted by Gasteiger charge is 2.45. The molecule has 12 heteroatoms. The minimum atomic E-state index is -4.87. The second-order valence-electron chi connectivity index (χ2n) is 9.37. The maximum atomic E-state index is 13.5. The first kappa shape index (κ1) is 26.5. The van der Waals surface area contributed by atoms with E-state index in [0.29, 0.717) is 34.0 Å². The SMILES string of the molecule is COc1ccccc1-c1ccc(N2CC(F)(F)C2)nc1CN1C(=O)O[C@H](c2cccc(OC(F)(F)F)c2)[C@@H]1C. The van der Waals surface area contributed by atoms with Crippen LogP contribution in [-0.2, 0) is 11.3 Å². The van der Waals surface area contributed by atoms with Crippen LogP contribution in [0.4, 0.5) is 32.6 Å². The molecule has 2 aliphatic rings. The summed E-state index contributed by atoms with van der Waals surface area (Å²) in [5, 5.41) is 0. The molecule has 2 aliphatic heterocycles. The standard InChI is InChI=1S/C27H24F5N3O4/c1-16-24(17-6-5-7-18(12-17)39-27(30,31)32)38-25(36)35(16)13-21-19(20-8-3-4-9-22(20)37-2)10-11-23(33-21)34-14-26(28,29)15-34/h3-12,16,24H,13-15H2,1-2H3/t16-,24-/m0/s1. The highest BCUT2D eigenvalue weighted by molar-refractivity contribution is 5.75. The van der Waals surface area contributed by atoms with Crippen LogP contribution in [0.2, 0.25) is 0 Å². The van der Waals surface area contributed by atoms with Gasteiger partial charge in [0, 0.05) is 11.1 Å². The van der Waals surface area contributed by atoms with Gasteiger partial charge in [0.2, 0.25) is 0 Å². The van der Waals surface area contributed by atoms with E-state index in [1.165, 1.54) is 29.0 Å². The van der Waals surface area contributed by atoms with Crippen molar-refractivity contribution in [1.29, 1.82) is 0 Å². The predicted molar refractivity (Wildman–Crippen MR) is 131 cm³/mol. The molecule has 3 heterocycles. The van der Waals surface area contributed by atoms with Gasteiger partial charge in [-0.2, -0.15) is 0 Å². The minimum Gasteiger partial charge on any atom is -0.496 e. The lowest BCUT2D eigenvalue weighted by atomic mass is 10.0. The number of carbonyl (C=O) groups is 1. The van der Waals surface area contributed by atoms with E-state index in [-0.39, 0.29) is 6.54 Å². The summed E-state index contributed by atoms with van der Waals surface area (Å²) in [6.07, 6.45) is -6.43. The molecule has 0 saturated carbocycles. The Morgan fingerprint density at radius 2 is 1.79 bits per heavy atom. The number of halogens is 5. The van der Waals surface area contributed by atoms with Gasteiger partial charge in [-0.05, 0) is 42.8 Å². The molecular weight excluding hydrogens is 525 g/mol. The maximum Gasteiger partial charge on any atom is 0.573 e. The van der Waals surface area contributed by atoms with Crippen molar-refractivity contribution in [3.8, 4) is 22.6 Å². The van der Waals surface area contributed by atoms with Gasteiger partial charge in [0.25, 0.3) is 5.92 Å². The Labute approximate surface area is 220 Å². The van der Waals surface area contributed by atoms with Gasteiger partial charge in [-0.15, -0.1) is 13.2 Å². The molecule has 39 heavy (non-hydrogen) atoms. The first-order valence-corrected chi connectivity index (χ1v) is 12.0. The lowest BCUT2D eigenvalue weighted by molar-refractivity contribution is -0.274. The molecule has 1 aromatic heterocycles. The number of nitrogens with zero attached hydrogens (tertiary/aromatic N) is 3. The van der Waals surface area contributed by atoms with Gasteiger partial charge in [0.15, 0.2) is 0 Å². The van der Waals surface area contributed by atoms with Crippen LogP contribution < -0.4 is 14.4 Å². The molecule has 7 nitrogen and oxygen atoms in total. The number of rotatable bonds is 7. The number of hydrogen-bond donors (Lipinski definition) is 0. The lowest BCUT2D eigenvalue weighted by Gasteiger charge is -2.39. The average Bonchev–Trinajstić information content (AvgIpc) is 3.15. The number of ether oxygens (including phenoxy) is 3. The average molecular weight is 549 g/mol. The fraction of sp³-hybridized carbons (Fsp3) is 0.333. The van der Waals surface area contributed by atoms with Gasteiger partial charge in [-0.1, -0.05) is 30.3 Å². The van der Waals surface area contributed by atoms with Gasteiger partial charge >= 0.3 is 12.5 Å². The first-order chi connectivity index (χ1) is 18.4. The number of methoxy groups -OCH3 is 1. The zero-order valence-electron chi connectivity index (χ0n) is 20.9. The van der Waals surface area contributed by atoms with Crippen LogP contribution in [0, 0.1) is 0 Å². The van der Waals surface area contributed by atoms with E-state index in [4.69, 9.17) is 9.47 Å². The van der Waals surface area contributed by atoms with Crippen molar-refractivity contribution in [3.05, 3.63) is 71.9 Å². The molecule has 0 bridgehead atoms. The Bertz CT molecular complexity index is 1380. The highest BCUT2D eigenvalue weighted by atomic mass is 19.4. The third kappa shape index (κ3) is 5.55. The number of pyridine rings is 1. The Kier molecular flexibility index (Phi) is 6.73. The summed E-state index contributed by atoms with van der Waals surface area (Å²) in [7, 11) is 1.52. The first-order valence-electron chi connectivity index (χ1n) is 12.0. The van der Waals surface area contributed by atoms with E-state index in [1.807, 2.05) is 12.1 Å². The number of benzene rings is 2. The molecule has 5 rings (SSSR count). The van der Waals surface area contributed by atoms with Crippen LogP contribution in [0.25, 0.3) is 11.1 Å². The molecule has 1 amide bonds. The minimum absolute atomic E-state index is 0.0410. The normalized spacial score (nSPS) is 20.4. The zero-order chi connectivity index (χ0) is 27.9. The molecule has 2 fully saturated rings. The number of anilines is 1. The lowest BCUT2D eigenvalue weighted by Crippen LogP contribution is -2.56. The second-order valence-corrected chi connectivity index (χ2v) is 9.37. The van der Waals surface area contributed by atoms with Gasteiger partial charge in [-0.3, -0.25) is 4.90 Å². The number of hydrogen-bond acceptors (Lipinski definition) is 6. The molecule has 0 spiro atoms. The monoisotopic (exact) mass is 549 g/mol. The Morgan fingerprint density at radius 3 is 2.49 bits per heavy atom. The summed E-state index contributed by atoms with van der Waals surface area (Å²) in [5.41, 5.74) is 2.07. The highest BCUT2D eigenvalue weighted by Crippen LogP contribution is 2.39. The molecule has 2 atom stereocenters. The van der Waals surface area contributed by atoms with Crippen LogP contribution in [0.3, 0.4) is 0 Å². The number of amides is 1. The van der Waals surface area contributed by atoms with Crippen LogP contribution in [0.15, 0.2) is 60.7 Å². The summed E-state index contributed by atoms with van der Waals surface area (Å²) >= 11 is 0. The number of aromatic nitrogens is 1. The zero-order valence-corrected chi connectivity index (χ0v) is 20.9. The molecule has 3 aromatic rings. The summed E-state index contributed by atoms with van der Waals surface area (Å²) in [6, 6.07) is 15.2. The molecular formula is C27H24F5N3O4. The van der Waals surface area contributed by atoms with E-state index in [0.717, 1.165) is 6.07 Å². The van der Waals surface area contributed by atoms with Crippen LogP contribution in [0.5, 0.6) is 11.5 Å². The summed E-state index contributed by atoms with van der Waals surface area (Å²) < 4.78 is 80.3. The topological polar surface area (TPSA) is 64.1 Å². The molecule has 0 unspecified atom stereocenters. The van der Waals surface area contributed by atoms with Gasteiger partial charge < -0.3 is 19.1 Å². The second kappa shape index (κ2) is 9.90. The van der Waals surface area contributed by atoms with E-state index < -0.39 is 49.4 Å². The Morgan fingerprint density at radius 1 is 1.05 bits per heavy atom. The van der Waals surface area contributed by atoms with Gasteiger partial charge in [0.05, 0.1) is 38.5 Å². The molecule has 0 radical (unpaired) electrons. The van der Waals surface area contributed by atoms with Gasteiger partial charge in [-0.25, -0.2) is 18.6 Å². The van der Waals surface area contributed by atoms with Crippen molar-refractivity contribution in [2.75, 3.05) is 25.1 Å². The number of alkyl halides is 5. The van der Waals surface area contributed by atoms with E-state index in [2.05, 4.69) is 9.72 Å². The van der Waals surface area contributed by atoms with E-state index >= 15 is 0 Å². The molecule has 0 aliphatic carbocycles. The van der Waals surface area contributed by atoms with Gasteiger partial charge in [0.1, 0.15) is 23.4 Å². The quantitative estimate of drug-likeness (QED) is 0.328. The molecule has 206 valence electrons. The molecule has 2 aromatic carbocycles. The van der Waals surface area contributed by atoms with Crippen LogP contribution in [-0.4, -0.2) is 54.5 Å². The number of para-hydroxylation sites is 1. The smallest absolute Gasteiger partial charge is 0.496 e. The fourth-order valence-electron chi connectivity index (χ4n) is 4.78. The summed E-state index contributed by atoms with van der Waals surface area (Å²) in [6.45, 7) is 0.734. The molecule has 0 N–H and O–H groups in total. The van der Waals surface area contributed by atoms with Crippen molar-refractivity contribution in [3.63, 3.8) is 0 Å². The van der Waals surface area contributed by atoms with E-state index in [1.54, 1.807) is 37.3 Å². The van der Waals surface area contributed by atoms with E-state index in [9.17, 15) is 26.7 Å². The largest absolute Gasteiger partial charge is 0.573 e. The number of cyclic esters (lactones) is 1. The summed E-state index contributed by atoms with van der Waals surface area (Å²) in [5.74, 6) is -2.34. The Hall–Kier alpha value is -4.09. The predicted octanol–water partition coefficient (Wildman–Crippen LogP) is 6.19. The maximum absolute atomic E-state index is 13.5. The van der Waals surface area contributed by atoms with Crippen molar-refractivity contribution < 1.29 is 41.0 Å². The third-order valence-electron chi connectivity index (χ3n) is 6.66. The summed E-state index contributed by atoms with van der Waals surface area (Å²) in [4.78, 5) is 20.4. The van der Waals surface area contributed by atoms with Crippen molar-refractivity contribution in [2.45, 2.75) is 37.9 Å². The van der Waals surface area contributed by atoms with Crippen molar-refractivity contribution in [2.24, 2.45) is 0 Å². The third-order valence-corrected chi connectivity index (χ3v) is 6.66. The number of carbonyl (C=O) groups excluding carboxylic acids is 1. The van der Waals surface area contributed by atoms with Crippen LogP contribution >= 0.6 is 0 Å².